The van der Waals surface area contributed by atoms with Gasteiger partial charge in [-0.2, -0.15) is 8.78 Å². The number of ether oxygens (including phenoxy) is 2. The van der Waals surface area contributed by atoms with E-state index in [1.807, 2.05) is 56.9 Å². The number of alkyl carbamates (subject to hydrolysis) is 2. The maximum atomic E-state index is 16.7. The van der Waals surface area contributed by atoms with Gasteiger partial charge in [0, 0.05) is 29.3 Å². The number of carbonyl (C=O) groups is 4. The Hall–Kier alpha value is -6.03. The van der Waals surface area contributed by atoms with Crippen molar-refractivity contribution in [2.24, 2.45) is 23.2 Å². The van der Waals surface area contributed by atoms with E-state index in [0.717, 1.165) is 43.2 Å². The van der Waals surface area contributed by atoms with Crippen LogP contribution in [-0.2, 0) is 25.0 Å². The number of likely N-dealkylation sites (tertiary alicyclic amines) is 2. The van der Waals surface area contributed by atoms with E-state index in [9.17, 15) is 19.2 Å². The zero-order valence-corrected chi connectivity index (χ0v) is 38.4. The summed E-state index contributed by atoms with van der Waals surface area (Å²) in [7, 11) is 2.53. The second-order valence-electron chi connectivity index (χ2n) is 19.6. The van der Waals surface area contributed by atoms with Crippen LogP contribution in [-0.4, -0.2) is 92.6 Å². The molecule has 66 heavy (non-hydrogen) atoms. The first kappa shape index (κ1) is 43.8. The molecular weight excluding hydrogens is 870 g/mol. The Morgan fingerprint density at radius 1 is 0.788 bits per heavy atom. The number of piperidine rings is 1. The molecule has 5 aromatic rings. The molecular formula is C49H53ClF2N8O6. The number of carbonyl (C=O) groups excluding carboxylic acids is 4. The SMILES string of the molecule is COC(=O)NC(C(=O)N1CC2(CC2)C[C@H]1c1nc(-c2ccc3c(c2)C(F)(F)c2cc(-c4ccc5nc([C@@H]6[C@H]7CC[C@H](C7)N6C(=O)[C@@H](NC(=O)OC)C(C)C)[nH]c5c4)ccc2-3)c(Cl)[nH]1)C(C)C. The Balaban J connectivity index is 0.908. The standard InChI is InChI=1S/C49H53ClF2N8O6/c1-23(2)37(56-46(63)65-5)44(61)59-22-48(15-16-48)21-36(59)42-55-39(41(50)58-42)27-9-13-31-30-12-8-25(18-32(30)49(51,52)33(31)19-27)26-10-14-34-35(20-26)54-43(53-34)40-28-7-11-29(17-28)60(40)45(62)38(24(3)4)57-47(64)66-6/h8-10,12-14,18-20,23-24,28-29,36-38,40H,7,11,15-17,21-22H2,1-6H3,(H,53,54)(H,55,58)(H,56,63)(H,57,64)/t28-,29+,36-,37?,38-,40-/m0/s1. The van der Waals surface area contributed by atoms with E-state index in [1.165, 1.54) is 20.3 Å². The zero-order chi connectivity index (χ0) is 46.6. The quantitative estimate of drug-likeness (QED) is 0.107. The summed E-state index contributed by atoms with van der Waals surface area (Å²) in [5.74, 6) is -2.80. The molecule has 3 aromatic carbocycles. The number of nitrogens with zero attached hydrogens (tertiary/aromatic N) is 4. The first-order valence-electron chi connectivity index (χ1n) is 22.8. The van der Waals surface area contributed by atoms with Gasteiger partial charge in [0.05, 0.1) is 37.3 Å². The summed E-state index contributed by atoms with van der Waals surface area (Å²) in [6.07, 6.45) is 3.94. The van der Waals surface area contributed by atoms with Crippen LogP contribution < -0.4 is 10.6 Å². The Kier molecular flexibility index (Phi) is 10.7. The van der Waals surface area contributed by atoms with Crippen molar-refractivity contribution >= 4 is 46.6 Å². The predicted octanol–water partition coefficient (Wildman–Crippen LogP) is 9.26. The molecule has 3 aliphatic carbocycles. The summed E-state index contributed by atoms with van der Waals surface area (Å²) in [6.45, 7) is 8.00. The molecule has 2 bridgehead atoms. The van der Waals surface area contributed by atoms with Crippen LogP contribution in [0.25, 0.3) is 44.5 Å². The third-order valence-electron chi connectivity index (χ3n) is 14.8. The van der Waals surface area contributed by atoms with Gasteiger partial charge in [-0.25, -0.2) is 19.6 Å². The van der Waals surface area contributed by atoms with E-state index in [4.69, 9.17) is 31.0 Å². The minimum Gasteiger partial charge on any atom is -0.453 e. The first-order chi connectivity index (χ1) is 31.5. The van der Waals surface area contributed by atoms with Crippen molar-refractivity contribution < 1.29 is 37.4 Å². The molecule has 10 rings (SSSR count). The van der Waals surface area contributed by atoms with E-state index in [1.54, 1.807) is 29.2 Å². The molecule has 0 radical (unpaired) electrons. The third-order valence-corrected chi connectivity index (χ3v) is 15.0. The number of alkyl halides is 2. The number of methoxy groups -OCH3 is 2. The van der Waals surface area contributed by atoms with Crippen LogP contribution in [0, 0.1) is 23.2 Å². The summed E-state index contributed by atoms with van der Waals surface area (Å²) in [4.78, 5) is 72.6. The highest BCUT2D eigenvalue weighted by atomic mass is 35.5. The van der Waals surface area contributed by atoms with Crippen molar-refractivity contribution in [1.82, 2.24) is 40.4 Å². The van der Waals surface area contributed by atoms with Crippen LogP contribution in [0.5, 0.6) is 0 Å². The van der Waals surface area contributed by atoms with E-state index < -0.39 is 36.2 Å². The Labute approximate surface area is 385 Å². The van der Waals surface area contributed by atoms with Crippen molar-refractivity contribution in [2.45, 2.75) is 102 Å². The van der Waals surface area contributed by atoms with E-state index in [0.29, 0.717) is 58.1 Å². The average Bonchev–Trinajstić information content (AvgIpc) is 3.91. The second-order valence-corrected chi connectivity index (χ2v) is 19.9. The number of rotatable bonds is 10. The summed E-state index contributed by atoms with van der Waals surface area (Å²) >= 11 is 6.81. The maximum Gasteiger partial charge on any atom is 0.407 e. The molecule has 2 aromatic heterocycles. The van der Waals surface area contributed by atoms with E-state index >= 15 is 8.78 Å². The Morgan fingerprint density at radius 3 is 2.03 bits per heavy atom. The smallest absolute Gasteiger partial charge is 0.407 e. The maximum absolute atomic E-state index is 16.7. The van der Waals surface area contributed by atoms with Gasteiger partial charge < -0.3 is 39.9 Å². The lowest BCUT2D eigenvalue weighted by Crippen LogP contribution is -2.54. The molecule has 1 unspecified atom stereocenters. The van der Waals surface area contributed by atoms with Crippen LogP contribution in [0.4, 0.5) is 18.4 Å². The van der Waals surface area contributed by atoms with Crippen LogP contribution in [0.3, 0.4) is 0 Å². The van der Waals surface area contributed by atoms with Gasteiger partial charge in [-0.05, 0) is 108 Å². The van der Waals surface area contributed by atoms with Gasteiger partial charge in [0.15, 0.2) is 0 Å². The number of aromatic amines is 2. The van der Waals surface area contributed by atoms with Gasteiger partial charge >= 0.3 is 12.2 Å². The molecule has 4 N–H and O–H groups in total. The lowest BCUT2D eigenvalue weighted by molar-refractivity contribution is -0.139. The normalized spacial score (nSPS) is 22.8. The van der Waals surface area contributed by atoms with Crippen LogP contribution in [0.2, 0.25) is 5.15 Å². The number of H-pyrrole nitrogens is 2. The highest BCUT2D eigenvalue weighted by Crippen LogP contribution is 2.59. The molecule has 1 spiro atoms. The van der Waals surface area contributed by atoms with Gasteiger partial charge in [0.1, 0.15) is 34.6 Å². The summed E-state index contributed by atoms with van der Waals surface area (Å²) in [6, 6.07) is 13.3. The summed E-state index contributed by atoms with van der Waals surface area (Å²) in [5, 5.41) is 5.59. The highest BCUT2D eigenvalue weighted by Gasteiger charge is 2.56. The van der Waals surface area contributed by atoms with E-state index in [2.05, 4.69) is 20.6 Å². The van der Waals surface area contributed by atoms with Gasteiger partial charge in [-0.3, -0.25) is 9.59 Å². The minimum atomic E-state index is -3.34. The second kappa shape index (κ2) is 16.1. The topological polar surface area (TPSA) is 175 Å². The first-order valence-corrected chi connectivity index (χ1v) is 23.1. The minimum absolute atomic E-state index is 0.0378. The molecule has 14 nitrogen and oxygen atoms in total. The molecule has 4 heterocycles. The van der Waals surface area contributed by atoms with Gasteiger partial charge in [0.25, 0.3) is 5.92 Å². The third kappa shape index (κ3) is 7.26. The molecule has 2 saturated carbocycles. The number of hydrogen-bond acceptors (Lipinski definition) is 8. The Morgan fingerprint density at radius 2 is 1.39 bits per heavy atom. The van der Waals surface area contributed by atoms with Crippen LogP contribution >= 0.6 is 11.6 Å². The predicted molar refractivity (Wildman–Crippen MR) is 242 cm³/mol. The molecule has 346 valence electrons. The van der Waals surface area contributed by atoms with Crippen molar-refractivity contribution in [3.63, 3.8) is 0 Å². The lowest BCUT2D eigenvalue weighted by atomic mass is 9.95. The molecule has 4 fully saturated rings. The average molecular weight is 923 g/mol. The number of halogens is 3. The Bertz CT molecular complexity index is 2800. The zero-order valence-electron chi connectivity index (χ0n) is 37.6. The lowest BCUT2D eigenvalue weighted by Gasteiger charge is -2.37. The number of fused-ring (bicyclic) bond motifs is 6. The monoisotopic (exact) mass is 922 g/mol. The largest absolute Gasteiger partial charge is 0.453 e. The number of benzene rings is 3. The van der Waals surface area contributed by atoms with Gasteiger partial charge in [-0.1, -0.05) is 69.6 Å². The summed E-state index contributed by atoms with van der Waals surface area (Å²) in [5.41, 5.74) is 4.00. The van der Waals surface area contributed by atoms with E-state index in [-0.39, 0.29) is 63.3 Å². The molecule has 4 amide bonds. The molecule has 5 aliphatic rings. The molecule has 2 saturated heterocycles. The van der Waals surface area contributed by atoms with Crippen molar-refractivity contribution in [2.75, 3.05) is 20.8 Å². The van der Waals surface area contributed by atoms with Crippen LogP contribution in [0.15, 0.2) is 54.6 Å². The fourth-order valence-corrected chi connectivity index (χ4v) is 11.3. The number of nitrogens with one attached hydrogen (secondary N) is 4. The number of hydrogen-bond donors (Lipinski definition) is 4. The fourth-order valence-electron chi connectivity index (χ4n) is 11.1. The van der Waals surface area contributed by atoms with Crippen molar-refractivity contribution in [1.29, 1.82) is 0 Å². The molecule has 6 atom stereocenters. The van der Waals surface area contributed by atoms with Crippen molar-refractivity contribution in [3.05, 3.63) is 82.5 Å². The number of aromatic nitrogens is 4. The fraction of sp³-hybridized carbons (Fsp3) is 0.469. The highest BCUT2D eigenvalue weighted by molar-refractivity contribution is 6.32. The van der Waals surface area contributed by atoms with Gasteiger partial charge in [-0.15, -0.1) is 0 Å². The molecule has 2 aliphatic heterocycles. The van der Waals surface area contributed by atoms with Gasteiger partial charge in [0.2, 0.25) is 11.8 Å². The number of imidazole rings is 2. The number of amides is 4. The van der Waals surface area contributed by atoms with Crippen LogP contribution in [0.1, 0.15) is 101 Å². The molecule has 17 heteroatoms. The van der Waals surface area contributed by atoms with Crippen molar-refractivity contribution in [3.8, 4) is 33.5 Å². The summed E-state index contributed by atoms with van der Waals surface area (Å²) < 4.78 is 43.1.